The number of amides is 1. The molecule has 0 spiro atoms. The number of carbonyl (C=O) groups is 1. The number of hydrogen-bond acceptors (Lipinski definition) is 5. The normalized spacial score (nSPS) is 11.5. The SMILES string of the molecule is CN(Cc1ccc(-c2noc(C(F)(F)F)n2)cc1)C(=O)CO. The molecule has 0 aliphatic carbocycles. The summed E-state index contributed by atoms with van der Waals surface area (Å²) in [6.07, 6.45) is -4.68. The molecule has 6 nitrogen and oxygen atoms in total. The van der Waals surface area contributed by atoms with Gasteiger partial charge in [-0.1, -0.05) is 29.4 Å². The molecular formula is C13H12F3N3O3. The molecular weight excluding hydrogens is 303 g/mol. The first-order valence-corrected chi connectivity index (χ1v) is 6.16. The van der Waals surface area contributed by atoms with Crippen molar-refractivity contribution >= 4 is 5.91 Å². The summed E-state index contributed by atoms with van der Waals surface area (Å²) in [4.78, 5) is 15.8. The van der Waals surface area contributed by atoms with E-state index in [-0.39, 0.29) is 12.4 Å². The molecule has 0 saturated heterocycles. The quantitative estimate of drug-likeness (QED) is 0.929. The molecule has 2 rings (SSSR count). The Hall–Kier alpha value is -2.42. The Kier molecular flexibility index (Phi) is 4.45. The lowest BCUT2D eigenvalue weighted by Gasteiger charge is -2.15. The van der Waals surface area contributed by atoms with Crippen LogP contribution >= 0.6 is 0 Å². The van der Waals surface area contributed by atoms with Crippen LogP contribution in [0.2, 0.25) is 0 Å². The van der Waals surface area contributed by atoms with Gasteiger partial charge in [-0.05, 0) is 5.56 Å². The molecule has 9 heteroatoms. The minimum Gasteiger partial charge on any atom is -0.387 e. The van der Waals surface area contributed by atoms with Gasteiger partial charge in [0, 0.05) is 19.2 Å². The molecule has 1 N–H and O–H groups in total. The molecule has 1 heterocycles. The van der Waals surface area contributed by atoms with Gasteiger partial charge in [-0.25, -0.2) is 0 Å². The average Bonchev–Trinajstić information content (AvgIpc) is 2.97. The van der Waals surface area contributed by atoms with Gasteiger partial charge in [0.25, 0.3) is 0 Å². The van der Waals surface area contributed by atoms with Crippen LogP contribution in [0.3, 0.4) is 0 Å². The minimum atomic E-state index is -4.68. The van der Waals surface area contributed by atoms with Crippen molar-refractivity contribution in [1.29, 1.82) is 0 Å². The van der Waals surface area contributed by atoms with Crippen LogP contribution in [0.4, 0.5) is 13.2 Å². The summed E-state index contributed by atoms with van der Waals surface area (Å²) in [5, 5.41) is 12.0. The molecule has 0 radical (unpaired) electrons. The van der Waals surface area contributed by atoms with Gasteiger partial charge in [0.15, 0.2) is 0 Å². The van der Waals surface area contributed by atoms with E-state index < -0.39 is 24.6 Å². The molecule has 2 aromatic rings. The Morgan fingerprint density at radius 1 is 1.32 bits per heavy atom. The van der Waals surface area contributed by atoms with Crippen LogP contribution in [0, 0.1) is 0 Å². The maximum Gasteiger partial charge on any atom is 0.471 e. The molecule has 1 aromatic heterocycles. The topological polar surface area (TPSA) is 79.5 Å². The van der Waals surface area contributed by atoms with Crippen LogP contribution in [0.5, 0.6) is 0 Å². The average molecular weight is 315 g/mol. The Morgan fingerprint density at radius 3 is 2.45 bits per heavy atom. The fraction of sp³-hybridized carbons (Fsp3) is 0.308. The lowest BCUT2D eigenvalue weighted by Crippen LogP contribution is -2.28. The first kappa shape index (κ1) is 16.0. The van der Waals surface area contributed by atoms with Crippen molar-refractivity contribution in [2.24, 2.45) is 0 Å². The minimum absolute atomic E-state index is 0.168. The molecule has 118 valence electrons. The molecule has 0 saturated carbocycles. The van der Waals surface area contributed by atoms with E-state index in [0.29, 0.717) is 5.56 Å². The van der Waals surface area contributed by atoms with Gasteiger partial charge < -0.3 is 14.5 Å². The highest BCUT2D eigenvalue weighted by Crippen LogP contribution is 2.29. The second-order valence-corrected chi connectivity index (χ2v) is 4.53. The third-order valence-corrected chi connectivity index (χ3v) is 2.86. The number of aromatic nitrogens is 2. The van der Waals surface area contributed by atoms with Gasteiger partial charge in [0.2, 0.25) is 11.7 Å². The Bertz CT molecular complexity index is 653. The molecule has 1 aromatic carbocycles. The highest BCUT2D eigenvalue weighted by atomic mass is 19.4. The number of aliphatic hydroxyl groups is 1. The molecule has 0 bridgehead atoms. The van der Waals surface area contributed by atoms with Gasteiger partial charge in [-0.3, -0.25) is 4.79 Å². The number of rotatable bonds is 4. The van der Waals surface area contributed by atoms with Gasteiger partial charge in [-0.2, -0.15) is 18.2 Å². The molecule has 0 atom stereocenters. The lowest BCUT2D eigenvalue weighted by atomic mass is 10.1. The highest BCUT2D eigenvalue weighted by Gasteiger charge is 2.38. The van der Waals surface area contributed by atoms with Crippen molar-refractivity contribution in [2.75, 3.05) is 13.7 Å². The zero-order valence-electron chi connectivity index (χ0n) is 11.5. The predicted octanol–water partition coefficient (Wildman–Crippen LogP) is 1.71. The fourth-order valence-corrected chi connectivity index (χ4v) is 1.70. The Labute approximate surface area is 123 Å². The monoisotopic (exact) mass is 315 g/mol. The second kappa shape index (κ2) is 6.14. The summed E-state index contributed by atoms with van der Waals surface area (Å²) >= 11 is 0. The van der Waals surface area contributed by atoms with E-state index in [1.807, 2.05) is 0 Å². The summed E-state index contributed by atoms with van der Waals surface area (Å²) in [6, 6.07) is 6.30. The maximum absolute atomic E-state index is 12.4. The lowest BCUT2D eigenvalue weighted by molar-refractivity contribution is -0.159. The summed E-state index contributed by atoms with van der Waals surface area (Å²) in [5.74, 6) is -2.00. The highest BCUT2D eigenvalue weighted by molar-refractivity contribution is 5.76. The van der Waals surface area contributed by atoms with Crippen LogP contribution in [0.15, 0.2) is 28.8 Å². The largest absolute Gasteiger partial charge is 0.471 e. The van der Waals surface area contributed by atoms with Gasteiger partial charge in [-0.15, -0.1) is 0 Å². The zero-order chi connectivity index (χ0) is 16.3. The standard InChI is InChI=1S/C13H12F3N3O3/c1-19(10(21)7-20)6-8-2-4-9(5-3-8)11-17-12(22-18-11)13(14,15)16/h2-5,20H,6-7H2,1H3. The Morgan fingerprint density at radius 2 is 1.95 bits per heavy atom. The molecule has 0 aliphatic heterocycles. The number of hydrogen-bond donors (Lipinski definition) is 1. The number of alkyl halides is 3. The van der Waals surface area contributed by atoms with E-state index in [1.165, 1.54) is 24.1 Å². The second-order valence-electron chi connectivity index (χ2n) is 4.53. The van der Waals surface area contributed by atoms with Crippen molar-refractivity contribution in [2.45, 2.75) is 12.7 Å². The molecule has 0 fully saturated rings. The van der Waals surface area contributed by atoms with E-state index in [1.54, 1.807) is 12.1 Å². The summed E-state index contributed by atoms with van der Waals surface area (Å²) in [5.41, 5.74) is 1.10. The third kappa shape index (κ3) is 3.61. The van der Waals surface area contributed by atoms with Crippen LogP contribution in [0.25, 0.3) is 11.4 Å². The third-order valence-electron chi connectivity index (χ3n) is 2.86. The van der Waals surface area contributed by atoms with E-state index in [0.717, 1.165) is 5.56 Å². The van der Waals surface area contributed by atoms with Gasteiger partial charge >= 0.3 is 12.1 Å². The van der Waals surface area contributed by atoms with E-state index in [2.05, 4.69) is 14.7 Å². The first-order valence-electron chi connectivity index (χ1n) is 6.16. The maximum atomic E-state index is 12.4. The van der Waals surface area contributed by atoms with Gasteiger partial charge in [0.05, 0.1) is 0 Å². The van der Waals surface area contributed by atoms with E-state index in [4.69, 9.17) is 5.11 Å². The van der Waals surface area contributed by atoms with Crippen LogP contribution in [0.1, 0.15) is 11.5 Å². The van der Waals surface area contributed by atoms with E-state index in [9.17, 15) is 18.0 Å². The summed E-state index contributed by atoms with van der Waals surface area (Å²) in [7, 11) is 1.53. The number of halogens is 3. The van der Waals surface area contributed by atoms with Crippen LogP contribution in [-0.2, 0) is 17.5 Å². The van der Waals surface area contributed by atoms with Crippen molar-refractivity contribution in [1.82, 2.24) is 15.0 Å². The number of aliphatic hydroxyl groups excluding tert-OH is 1. The van der Waals surface area contributed by atoms with Crippen molar-refractivity contribution < 1.29 is 27.6 Å². The van der Waals surface area contributed by atoms with Crippen LogP contribution < -0.4 is 0 Å². The van der Waals surface area contributed by atoms with Crippen molar-refractivity contribution in [3.8, 4) is 11.4 Å². The van der Waals surface area contributed by atoms with Gasteiger partial charge in [0.1, 0.15) is 6.61 Å². The number of nitrogens with zero attached hydrogens (tertiary/aromatic N) is 3. The van der Waals surface area contributed by atoms with Crippen molar-refractivity contribution in [3.63, 3.8) is 0 Å². The molecule has 22 heavy (non-hydrogen) atoms. The number of carbonyl (C=O) groups excluding carboxylic acids is 1. The van der Waals surface area contributed by atoms with Crippen molar-refractivity contribution in [3.05, 3.63) is 35.7 Å². The fourth-order valence-electron chi connectivity index (χ4n) is 1.70. The molecule has 0 aliphatic rings. The Balaban J connectivity index is 2.12. The summed E-state index contributed by atoms with van der Waals surface area (Å²) < 4.78 is 41.3. The summed E-state index contributed by atoms with van der Waals surface area (Å²) in [6.45, 7) is -0.322. The first-order chi connectivity index (χ1) is 10.3. The molecule has 1 amide bonds. The van der Waals surface area contributed by atoms with E-state index >= 15 is 0 Å². The zero-order valence-corrected chi connectivity index (χ0v) is 11.5. The number of benzene rings is 1. The smallest absolute Gasteiger partial charge is 0.387 e. The number of likely N-dealkylation sites (N-methyl/N-ethyl adjacent to an activating group) is 1. The van der Waals surface area contributed by atoms with Crippen LogP contribution in [-0.4, -0.2) is 39.7 Å². The predicted molar refractivity (Wildman–Crippen MR) is 68.3 cm³/mol. The molecule has 0 unspecified atom stereocenters.